The molecule has 2 aromatic heterocycles. The molecule has 0 saturated carbocycles. The van der Waals surface area contributed by atoms with Gasteiger partial charge >= 0.3 is 0 Å². The third-order valence-corrected chi connectivity index (χ3v) is 5.19. The van der Waals surface area contributed by atoms with Gasteiger partial charge in [-0.2, -0.15) is 5.10 Å². The average molecular weight is 412 g/mol. The number of carbonyl (C=O) groups is 1. The normalized spacial score (nSPS) is 11.0. The minimum atomic E-state index is -0.115. The lowest BCUT2D eigenvalue weighted by atomic mass is 10.1. The summed E-state index contributed by atoms with van der Waals surface area (Å²) in [7, 11) is 0. The molecule has 1 aromatic carbocycles. The van der Waals surface area contributed by atoms with Crippen LogP contribution in [0.2, 0.25) is 0 Å². The maximum absolute atomic E-state index is 12.3. The van der Waals surface area contributed by atoms with Crippen molar-refractivity contribution in [3.05, 3.63) is 50.3 Å². The molecule has 0 unspecified atom stereocenters. The Balaban J connectivity index is 1.85. The second-order valence-electron chi connectivity index (χ2n) is 4.72. The molecule has 0 radical (unpaired) electrons. The molecular weight excluding hydrogens is 400 g/mol. The highest BCUT2D eigenvalue weighted by Gasteiger charge is 2.14. The van der Waals surface area contributed by atoms with Gasteiger partial charge in [0.1, 0.15) is 0 Å². The van der Waals surface area contributed by atoms with Crippen molar-refractivity contribution in [1.82, 2.24) is 20.5 Å². The number of H-pyrrole nitrogens is 2. The second kappa shape index (κ2) is 5.65. The lowest BCUT2D eigenvalue weighted by Crippen LogP contribution is -2.22. The Hall–Kier alpha value is -1.60. The number of aryl methyl sites for hydroxylation is 1. The van der Waals surface area contributed by atoms with Crippen LogP contribution in [-0.2, 0) is 6.54 Å². The van der Waals surface area contributed by atoms with E-state index in [2.05, 4.69) is 52.4 Å². The summed E-state index contributed by atoms with van der Waals surface area (Å²) in [6, 6.07) is 3.87. The number of nitrogens with one attached hydrogen (secondary N) is 3. The fourth-order valence-corrected chi connectivity index (χ4v) is 2.82. The molecule has 3 aromatic rings. The first-order chi connectivity index (χ1) is 10.1. The third kappa shape index (κ3) is 2.75. The van der Waals surface area contributed by atoms with Crippen LogP contribution in [0.3, 0.4) is 0 Å². The van der Waals surface area contributed by atoms with E-state index in [0.29, 0.717) is 12.1 Å². The number of amides is 1. The first-order valence-electron chi connectivity index (χ1n) is 6.29. The van der Waals surface area contributed by atoms with Crippen molar-refractivity contribution in [1.29, 1.82) is 0 Å². The number of rotatable bonds is 3. The standard InChI is InChI=1S/C14H12Br2N4O/c1-7-8(5-19-20-7)4-18-14(21)10-6-17-13-3-12(16)11(15)2-9(10)13/h2-3,5-6,17H,4H2,1H3,(H,18,21)(H,19,20). The van der Waals surface area contributed by atoms with E-state index in [9.17, 15) is 4.79 Å². The number of benzene rings is 1. The molecule has 0 spiro atoms. The number of fused-ring (bicyclic) bond motifs is 1. The monoisotopic (exact) mass is 410 g/mol. The summed E-state index contributed by atoms with van der Waals surface area (Å²) in [6.07, 6.45) is 3.44. The number of hydrogen-bond donors (Lipinski definition) is 3. The summed E-state index contributed by atoms with van der Waals surface area (Å²) in [6.45, 7) is 2.38. The Morgan fingerprint density at radius 1 is 1.33 bits per heavy atom. The van der Waals surface area contributed by atoms with Crippen molar-refractivity contribution in [3.63, 3.8) is 0 Å². The quantitative estimate of drug-likeness (QED) is 0.615. The molecule has 3 rings (SSSR count). The Bertz CT molecular complexity index is 822. The van der Waals surface area contributed by atoms with Crippen molar-refractivity contribution >= 4 is 48.7 Å². The van der Waals surface area contributed by atoms with Gasteiger partial charge in [0.2, 0.25) is 0 Å². The minimum absolute atomic E-state index is 0.115. The fraction of sp³-hybridized carbons (Fsp3) is 0.143. The van der Waals surface area contributed by atoms with Gasteiger partial charge in [0.15, 0.2) is 0 Å². The third-order valence-electron chi connectivity index (χ3n) is 3.34. The lowest BCUT2D eigenvalue weighted by molar-refractivity contribution is 0.0952. The molecule has 0 aliphatic carbocycles. The molecule has 2 heterocycles. The molecule has 21 heavy (non-hydrogen) atoms. The minimum Gasteiger partial charge on any atom is -0.360 e. The van der Waals surface area contributed by atoms with Gasteiger partial charge in [0, 0.05) is 43.8 Å². The lowest BCUT2D eigenvalue weighted by Gasteiger charge is -2.04. The molecule has 0 atom stereocenters. The molecule has 108 valence electrons. The zero-order chi connectivity index (χ0) is 15.0. The average Bonchev–Trinajstić information content (AvgIpc) is 3.03. The van der Waals surface area contributed by atoms with E-state index in [1.165, 1.54) is 0 Å². The van der Waals surface area contributed by atoms with Crippen LogP contribution in [0.15, 0.2) is 33.5 Å². The summed E-state index contributed by atoms with van der Waals surface area (Å²) >= 11 is 6.91. The van der Waals surface area contributed by atoms with Gasteiger partial charge in [-0.25, -0.2) is 0 Å². The highest BCUT2D eigenvalue weighted by molar-refractivity contribution is 9.13. The van der Waals surface area contributed by atoms with Crippen LogP contribution in [0.4, 0.5) is 0 Å². The van der Waals surface area contributed by atoms with Crippen LogP contribution in [0, 0.1) is 6.92 Å². The van der Waals surface area contributed by atoms with E-state index in [4.69, 9.17) is 0 Å². The molecule has 0 aliphatic rings. The number of carbonyl (C=O) groups excluding carboxylic acids is 1. The SMILES string of the molecule is Cc1[nH]ncc1CNC(=O)c1c[nH]c2cc(Br)c(Br)cc12. The first kappa shape index (κ1) is 14.3. The molecule has 0 fully saturated rings. The number of nitrogens with zero attached hydrogens (tertiary/aromatic N) is 1. The Morgan fingerprint density at radius 2 is 2.10 bits per heavy atom. The predicted molar refractivity (Wildman–Crippen MR) is 88.2 cm³/mol. The van der Waals surface area contributed by atoms with Gasteiger partial charge in [-0.15, -0.1) is 0 Å². The van der Waals surface area contributed by atoms with E-state index >= 15 is 0 Å². The number of aromatic nitrogens is 3. The van der Waals surface area contributed by atoms with E-state index in [0.717, 1.165) is 31.1 Å². The largest absolute Gasteiger partial charge is 0.360 e. The van der Waals surface area contributed by atoms with E-state index in [1.54, 1.807) is 12.4 Å². The van der Waals surface area contributed by atoms with Crippen molar-refractivity contribution in [3.8, 4) is 0 Å². The van der Waals surface area contributed by atoms with E-state index < -0.39 is 0 Å². The van der Waals surface area contributed by atoms with Gasteiger partial charge < -0.3 is 10.3 Å². The maximum atomic E-state index is 12.3. The van der Waals surface area contributed by atoms with Crippen molar-refractivity contribution in [2.24, 2.45) is 0 Å². The zero-order valence-corrected chi connectivity index (χ0v) is 14.3. The topological polar surface area (TPSA) is 73.6 Å². The van der Waals surface area contributed by atoms with E-state index in [-0.39, 0.29) is 5.91 Å². The summed E-state index contributed by atoms with van der Waals surface area (Å²) in [5.41, 5.74) is 3.47. The van der Waals surface area contributed by atoms with Gasteiger partial charge in [0.05, 0.1) is 11.8 Å². The first-order valence-corrected chi connectivity index (χ1v) is 7.88. The maximum Gasteiger partial charge on any atom is 0.253 e. The van der Waals surface area contributed by atoms with Crippen LogP contribution >= 0.6 is 31.9 Å². The molecule has 0 bridgehead atoms. The summed E-state index contributed by atoms with van der Waals surface area (Å²) in [5, 5.41) is 10.6. The van der Waals surface area contributed by atoms with Gasteiger partial charge in [-0.1, -0.05) is 0 Å². The van der Waals surface area contributed by atoms with Crippen LogP contribution < -0.4 is 5.32 Å². The Labute approximate surface area is 137 Å². The molecule has 0 aliphatic heterocycles. The number of halogens is 2. The molecule has 7 heteroatoms. The summed E-state index contributed by atoms with van der Waals surface area (Å²) in [5.74, 6) is -0.115. The van der Waals surface area contributed by atoms with Gasteiger partial charge in [-0.05, 0) is 50.9 Å². The van der Waals surface area contributed by atoms with Crippen LogP contribution in [0.25, 0.3) is 10.9 Å². The molecule has 3 N–H and O–H groups in total. The predicted octanol–water partition coefficient (Wildman–Crippen LogP) is 3.65. The highest BCUT2D eigenvalue weighted by Crippen LogP contribution is 2.30. The highest BCUT2D eigenvalue weighted by atomic mass is 79.9. The van der Waals surface area contributed by atoms with Crippen LogP contribution in [-0.4, -0.2) is 21.1 Å². The molecular formula is C14H12Br2N4O. The molecule has 1 amide bonds. The summed E-state index contributed by atoms with van der Waals surface area (Å²) < 4.78 is 1.85. The second-order valence-corrected chi connectivity index (χ2v) is 6.43. The van der Waals surface area contributed by atoms with Crippen LogP contribution in [0.5, 0.6) is 0 Å². The van der Waals surface area contributed by atoms with E-state index in [1.807, 2.05) is 19.1 Å². The van der Waals surface area contributed by atoms with Gasteiger partial charge in [0.25, 0.3) is 5.91 Å². The Morgan fingerprint density at radius 3 is 2.81 bits per heavy atom. The Kier molecular flexibility index (Phi) is 3.86. The number of hydrogen-bond acceptors (Lipinski definition) is 2. The molecule has 0 saturated heterocycles. The smallest absolute Gasteiger partial charge is 0.253 e. The van der Waals surface area contributed by atoms with Crippen molar-refractivity contribution in [2.75, 3.05) is 0 Å². The zero-order valence-electron chi connectivity index (χ0n) is 11.1. The molecule has 5 nitrogen and oxygen atoms in total. The van der Waals surface area contributed by atoms with Crippen LogP contribution in [0.1, 0.15) is 21.6 Å². The summed E-state index contributed by atoms with van der Waals surface area (Å²) in [4.78, 5) is 15.4. The fourth-order valence-electron chi connectivity index (χ4n) is 2.13. The van der Waals surface area contributed by atoms with Gasteiger partial charge in [-0.3, -0.25) is 9.89 Å². The van der Waals surface area contributed by atoms with Crippen molar-refractivity contribution < 1.29 is 4.79 Å². The number of aromatic amines is 2. The van der Waals surface area contributed by atoms with Crippen molar-refractivity contribution in [2.45, 2.75) is 13.5 Å².